The lowest BCUT2D eigenvalue weighted by Crippen LogP contribution is -2.27. The van der Waals surface area contributed by atoms with Crippen LogP contribution in [0.15, 0.2) is 53.6 Å². The van der Waals surface area contributed by atoms with Gasteiger partial charge in [-0.1, -0.05) is 41.5 Å². The molecule has 128 valence electrons. The highest BCUT2D eigenvalue weighted by Gasteiger charge is 2.15. The summed E-state index contributed by atoms with van der Waals surface area (Å²) in [6.45, 7) is 1.85. The van der Waals surface area contributed by atoms with E-state index in [0.29, 0.717) is 5.56 Å². The van der Waals surface area contributed by atoms with Crippen LogP contribution in [0.4, 0.5) is 10.5 Å². The maximum Gasteiger partial charge on any atom is 0.407 e. The quantitative estimate of drug-likeness (QED) is 0.340. The molecule has 0 radical (unpaired) electrons. The molecule has 1 atom stereocenters. The molecule has 0 aliphatic carbocycles. The van der Waals surface area contributed by atoms with Gasteiger partial charge in [-0.15, -0.1) is 0 Å². The molecule has 0 unspecified atom stereocenters. The predicted molar refractivity (Wildman–Crippen MR) is 93.6 cm³/mol. The molecule has 0 saturated carbocycles. The van der Waals surface area contributed by atoms with Gasteiger partial charge < -0.3 is 10.1 Å². The van der Waals surface area contributed by atoms with Crippen molar-refractivity contribution < 1.29 is 14.3 Å². The minimum atomic E-state index is -0.663. The third-order valence-electron chi connectivity index (χ3n) is 3.42. The first-order valence-electron chi connectivity index (χ1n) is 7.37. The fraction of sp³-hybridized carbons (Fsp3) is 0.176. The van der Waals surface area contributed by atoms with Gasteiger partial charge in [0.1, 0.15) is 6.61 Å². The van der Waals surface area contributed by atoms with Crippen LogP contribution in [0.2, 0.25) is 0 Å². The highest BCUT2D eigenvalue weighted by Crippen LogP contribution is 2.28. The van der Waals surface area contributed by atoms with Crippen LogP contribution < -0.4 is 5.32 Å². The summed E-state index contributed by atoms with van der Waals surface area (Å²) in [5.41, 5.74) is 10.5. The van der Waals surface area contributed by atoms with Crippen molar-refractivity contribution in [3.05, 3.63) is 75.7 Å². The lowest BCUT2D eigenvalue weighted by molar-refractivity contribution is 0.108. The zero-order chi connectivity index (χ0) is 18.2. The monoisotopic (exact) mass is 358 g/mol. The maximum absolute atomic E-state index is 11.9. The fourth-order valence-corrected chi connectivity index (χ4v) is 2.30. The lowest BCUT2D eigenvalue weighted by atomic mass is 10.0. The second-order valence-corrected chi connectivity index (χ2v) is 5.51. The molecular formula is C17H15ClN4O3. The van der Waals surface area contributed by atoms with Crippen LogP contribution in [0.3, 0.4) is 0 Å². The summed E-state index contributed by atoms with van der Waals surface area (Å²) < 4.78 is 5.15. The molecule has 0 spiro atoms. The number of nitrogens with one attached hydrogen (secondary N) is 1. The van der Waals surface area contributed by atoms with Gasteiger partial charge in [-0.3, -0.25) is 4.79 Å². The summed E-state index contributed by atoms with van der Waals surface area (Å²) >= 11 is 5.43. The van der Waals surface area contributed by atoms with Crippen molar-refractivity contribution in [3.8, 4) is 0 Å². The van der Waals surface area contributed by atoms with Crippen molar-refractivity contribution in [2.45, 2.75) is 19.6 Å². The molecule has 25 heavy (non-hydrogen) atoms. The van der Waals surface area contributed by atoms with Crippen molar-refractivity contribution >= 4 is 28.6 Å². The van der Waals surface area contributed by atoms with Gasteiger partial charge in [0.2, 0.25) is 0 Å². The molecule has 0 bridgehead atoms. The number of carbonyl (C=O) groups is 2. The molecule has 2 aromatic rings. The minimum absolute atomic E-state index is 0.141. The smallest absolute Gasteiger partial charge is 0.407 e. The van der Waals surface area contributed by atoms with Crippen LogP contribution in [0.5, 0.6) is 0 Å². The fourth-order valence-electron chi connectivity index (χ4n) is 2.19. The topological polar surface area (TPSA) is 104 Å². The summed E-state index contributed by atoms with van der Waals surface area (Å²) in [5.74, 6) is 0. The summed E-state index contributed by atoms with van der Waals surface area (Å²) in [4.78, 5) is 25.9. The van der Waals surface area contributed by atoms with E-state index in [2.05, 4.69) is 15.3 Å². The summed E-state index contributed by atoms with van der Waals surface area (Å²) in [6.07, 6.45) is -0.610. The lowest BCUT2D eigenvalue weighted by Gasteiger charge is -2.16. The molecule has 0 aliphatic rings. The van der Waals surface area contributed by atoms with Gasteiger partial charge in [0, 0.05) is 16.2 Å². The third-order valence-corrected chi connectivity index (χ3v) is 3.64. The summed E-state index contributed by atoms with van der Waals surface area (Å²) in [6, 6.07) is 13.2. The van der Waals surface area contributed by atoms with Gasteiger partial charge in [0.25, 0.3) is 5.24 Å². The normalized spacial score (nSPS) is 11.1. The number of nitrogens with zero attached hydrogens (tertiary/aromatic N) is 3. The van der Waals surface area contributed by atoms with Crippen LogP contribution in [0, 0.1) is 0 Å². The van der Waals surface area contributed by atoms with Crippen LogP contribution in [0.25, 0.3) is 10.4 Å². The molecule has 0 aliphatic heterocycles. The van der Waals surface area contributed by atoms with Gasteiger partial charge >= 0.3 is 6.09 Å². The Bertz CT molecular complexity index is 820. The summed E-state index contributed by atoms with van der Waals surface area (Å²) in [7, 11) is 0. The maximum atomic E-state index is 11.9. The van der Waals surface area contributed by atoms with E-state index in [4.69, 9.17) is 21.9 Å². The van der Waals surface area contributed by atoms with Crippen molar-refractivity contribution in [1.82, 2.24) is 5.32 Å². The molecule has 1 amide bonds. The molecule has 0 aromatic heterocycles. The third kappa shape index (κ3) is 5.24. The number of ether oxygens (including phenoxy) is 1. The van der Waals surface area contributed by atoms with Crippen molar-refractivity contribution in [2.75, 3.05) is 0 Å². The van der Waals surface area contributed by atoms with Gasteiger partial charge in [0.05, 0.1) is 6.04 Å². The number of hydrogen-bond donors (Lipinski definition) is 1. The second kappa shape index (κ2) is 8.73. The average Bonchev–Trinajstić information content (AvgIpc) is 2.61. The number of halogens is 1. The number of rotatable bonds is 6. The van der Waals surface area contributed by atoms with Crippen molar-refractivity contribution in [2.24, 2.45) is 5.11 Å². The first-order valence-corrected chi connectivity index (χ1v) is 7.75. The molecule has 8 heteroatoms. The molecule has 2 aromatic carbocycles. The molecular weight excluding hydrogens is 344 g/mol. The van der Waals surface area contributed by atoms with Gasteiger partial charge in [-0.05, 0) is 47.3 Å². The first kappa shape index (κ1) is 18.3. The summed E-state index contributed by atoms with van der Waals surface area (Å²) in [5, 5.41) is 5.54. The van der Waals surface area contributed by atoms with E-state index in [1.807, 2.05) is 30.3 Å². The number of alkyl carbamates (subject to hydrolysis) is 1. The number of hydrogen-bond acceptors (Lipinski definition) is 4. The Morgan fingerprint density at radius 3 is 2.64 bits per heavy atom. The highest BCUT2D eigenvalue weighted by atomic mass is 35.5. The number of amides is 1. The van der Waals surface area contributed by atoms with E-state index in [1.165, 1.54) is 12.1 Å². The number of azide groups is 1. The van der Waals surface area contributed by atoms with E-state index >= 15 is 0 Å². The van der Waals surface area contributed by atoms with E-state index in [0.717, 1.165) is 5.56 Å². The number of benzene rings is 2. The molecule has 7 nitrogen and oxygen atoms in total. The standard InChI is InChI=1S/C17H15ClN4O3/c1-11(20-17(24)25-10-12-5-3-2-4-6-12)14-8-7-13(16(18)23)9-15(14)21-22-19/h2-9,11H,10H2,1H3,(H,20,24)/t11-/m1/s1. The second-order valence-electron chi connectivity index (χ2n) is 5.16. The Kier molecular flexibility index (Phi) is 6.39. The Hall–Kier alpha value is -3.02. The molecule has 1 N–H and O–H groups in total. The Balaban J connectivity index is 2.06. The highest BCUT2D eigenvalue weighted by molar-refractivity contribution is 6.67. The number of carbonyl (C=O) groups excluding carboxylic acids is 2. The SMILES string of the molecule is C[C@@H](NC(=O)OCc1ccccc1)c1ccc(C(=O)Cl)cc1N=[N+]=[N-]. The van der Waals surface area contributed by atoms with Crippen LogP contribution in [0.1, 0.15) is 34.5 Å². The zero-order valence-corrected chi connectivity index (χ0v) is 14.1. The molecule has 0 heterocycles. The Morgan fingerprint density at radius 1 is 1.28 bits per heavy atom. The average molecular weight is 359 g/mol. The molecule has 0 fully saturated rings. The van der Waals surface area contributed by atoms with Gasteiger partial charge in [-0.25, -0.2) is 4.79 Å². The van der Waals surface area contributed by atoms with E-state index in [-0.39, 0.29) is 17.9 Å². The van der Waals surface area contributed by atoms with Crippen molar-refractivity contribution in [1.29, 1.82) is 0 Å². The zero-order valence-electron chi connectivity index (χ0n) is 13.3. The van der Waals surface area contributed by atoms with Gasteiger partial charge in [0.15, 0.2) is 0 Å². The predicted octanol–water partition coefficient (Wildman–Crippen LogP) is 4.99. The van der Waals surface area contributed by atoms with Crippen LogP contribution in [-0.2, 0) is 11.3 Å². The molecule has 2 rings (SSSR count). The Labute approximate surface area is 149 Å². The van der Waals surface area contributed by atoms with E-state index < -0.39 is 17.4 Å². The van der Waals surface area contributed by atoms with Crippen LogP contribution >= 0.6 is 11.6 Å². The minimum Gasteiger partial charge on any atom is -0.445 e. The van der Waals surface area contributed by atoms with E-state index in [9.17, 15) is 9.59 Å². The van der Waals surface area contributed by atoms with Gasteiger partial charge in [-0.2, -0.15) is 0 Å². The largest absolute Gasteiger partial charge is 0.445 e. The van der Waals surface area contributed by atoms with E-state index in [1.54, 1.807) is 13.0 Å². The first-order chi connectivity index (χ1) is 12.0. The molecule has 0 saturated heterocycles. The Morgan fingerprint density at radius 2 is 2.00 bits per heavy atom. The van der Waals surface area contributed by atoms with Crippen molar-refractivity contribution in [3.63, 3.8) is 0 Å². The van der Waals surface area contributed by atoms with Crippen LogP contribution in [-0.4, -0.2) is 11.3 Å².